The maximum atomic E-state index is 11.5. The highest BCUT2D eigenvalue weighted by Crippen LogP contribution is 2.28. The zero-order valence-electron chi connectivity index (χ0n) is 10.5. The number of aliphatic hydroxyl groups is 1. The molecule has 0 aromatic carbocycles. The molecule has 0 aromatic heterocycles. The first-order chi connectivity index (χ1) is 6.85. The van der Waals surface area contributed by atoms with Gasteiger partial charge in [-0.05, 0) is 32.1 Å². The second-order valence-electron chi connectivity index (χ2n) is 4.77. The molecule has 15 heavy (non-hydrogen) atoms. The third-order valence-corrected chi connectivity index (χ3v) is 2.87. The van der Waals surface area contributed by atoms with Crippen molar-refractivity contribution in [3.8, 4) is 0 Å². The van der Waals surface area contributed by atoms with Gasteiger partial charge in [-0.1, -0.05) is 20.8 Å². The van der Waals surface area contributed by atoms with Crippen LogP contribution in [0.5, 0.6) is 0 Å². The topological polar surface area (TPSA) is 46.5 Å². The molecule has 0 saturated carbocycles. The van der Waals surface area contributed by atoms with Crippen molar-refractivity contribution in [1.29, 1.82) is 0 Å². The number of hydrogen-bond donors (Lipinski definition) is 1. The van der Waals surface area contributed by atoms with Gasteiger partial charge in [-0.3, -0.25) is 4.79 Å². The van der Waals surface area contributed by atoms with E-state index in [0.29, 0.717) is 18.8 Å². The Kier molecular flexibility index (Phi) is 5.88. The monoisotopic (exact) mass is 216 g/mol. The van der Waals surface area contributed by atoms with Gasteiger partial charge >= 0.3 is 5.97 Å². The highest BCUT2D eigenvalue weighted by Gasteiger charge is 2.36. The van der Waals surface area contributed by atoms with Crippen LogP contribution in [0.15, 0.2) is 0 Å². The van der Waals surface area contributed by atoms with Crippen LogP contribution >= 0.6 is 0 Å². The van der Waals surface area contributed by atoms with E-state index in [2.05, 4.69) is 13.8 Å². The summed E-state index contributed by atoms with van der Waals surface area (Å²) in [7, 11) is 1.36. The van der Waals surface area contributed by atoms with Crippen molar-refractivity contribution in [3.05, 3.63) is 0 Å². The minimum Gasteiger partial charge on any atom is -0.469 e. The molecule has 0 radical (unpaired) electrons. The summed E-state index contributed by atoms with van der Waals surface area (Å²) in [5.74, 6) is -0.195. The van der Waals surface area contributed by atoms with Crippen LogP contribution < -0.4 is 0 Å². The Morgan fingerprint density at radius 2 is 2.00 bits per heavy atom. The second-order valence-corrected chi connectivity index (χ2v) is 4.77. The summed E-state index contributed by atoms with van der Waals surface area (Å²) in [5, 5.41) is 10.2. The standard InChI is InChI=1S/C12H24O3/c1-6-10(11(13)15-5)12(4,14)8-7-9(2)3/h9-10,14H,6-8H2,1-5H3. The van der Waals surface area contributed by atoms with Crippen LogP contribution in [0, 0.1) is 11.8 Å². The summed E-state index contributed by atoms with van der Waals surface area (Å²) in [6.45, 7) is 7.83. The van der Waals surface area contributed by atoms with Crippen molar-refractivity contribution in [3.63, 3.8) is 0 Å². The fourth-order valence-electron chi connectivity index (χ4n) is 1.76. The average molecular weight is 216 g/mol. The molecular formula is C12H24O3. The lowest BCUT2D eigenvalue weighted by molar-refractivity contribution is -0.155. The molecule has 1 N–H and O–H groups in total. The van der Waals surface area contributed by atoms with Crippen molar-refractivity contribution in [2.75, 3.05) is 7.11 Å². The van der Waals surface area contributed by atoms with Gasteiger partial charge < -0.3 is 9.84 Å². The van der Waals surface area contributed by atoms with Gasteiger partial charge in [0, 0.05) is 0 Å². The third-order valence-electron chi connectivity index (χ3n) is 2.87. The largest absolute Gasteiger partial charge is 0.469 e. The maximum absolute atomic E-state index is 11.5. The highest BCUT2D eigenvalue weighted by atomic mass is 16.5. The second kappa shape index (κ2) is 6.11. The molecule has 0 heterocycles. The Morgan fingerprint density at radius 3 is 2.33 bits per heavy atom. The number of carbonyl (C=O) groups excluding carboxylic acids is 1. The normalized spacial score (nSPS) is 17.3. The lowest BCUT2D eigenvalue weighted by atomic mass is 9.82. The predicted octanol–water partition coefficient (Wildman–Crippen LogP) is 2.37. The quantitative estimate of drug-likeness (QED) is 0.693. The van der Waals surface area contributed by atoms with Gasteiger partial charge in [0.2, 0.25) is 0 Å². The molecule has 0 saturated heterocycles. The third kappa shape index (κ3) is 4.65. The molecule has 0 aromatic rings. The van der Waals surface area contributed by atoms with E-state index in [4.69, 9.17) is 4.74 Å². The van der Waals surface area contributed by atoms with Crippen LogP contribution in [0.2, 0.25) is 0 Å². The molecule has 0 rings (SSSR count). The van der Waals surface area contributed by atoms with Gasteiger partial charge in [0.05, 0.1) is 18.6 Å². The first-order valence-corrected chi connectivity index (χ1v) is 5.65. The van der Waals surface area contributed by atoms with Gasteiger partial charge in [-0.15, -0.1) is 0 Å². The van der Waals surface area contributed by atoms with Crippen molar-refractivity contribution < 1.29 is 14.6 Å². The number of esters is 1. The average Bonchev–Trinajstić information content (AvgIpc) is 2.15. The van der Waals surface area contributed by atoms with E-state index >= 15 is 0 Å². The van der Waals surface area contributed by atoms with Gasteiger partial charge in [0.1, 0.15) is 0 Å². The lowest BCUT2D eigenvalue weighted by Crippen LogP contribution is -2.40. The van der Waals surface area contributed by atoms with E-state index in [1.165, 1.54) is 7.11 Å². The molecule has 0 bridgehead atoms. The first-order valence-electron chi connectivity index (χ1n) is 5.65. The van der Waals surface area contributed by atoms with Crippen LogP contribution in [0.25, 0.3) is 0 Å². The molecule has 3 nitrogen and oxygen atoms in total. The maximum Gasteiger partial charge on any atom is 0.311 e. The summed E-state index contributed by atoms with van der Waals surface area (Å²) in [6, 6.07) is 0. The van der Waals surface area contributed by atoms with Crippen LogP contribution in [-0.4, -0.2) is 23.8 Å². The summed E-state index contributed by atoms with van der Waals surface area (Å²) in [4.78, 5) is 11.5. The zero-order chi connectivity index (χ0) is 12.1. The molecule has 2 unspecified atom stereocenters. The summed E-state index contributed by atoms with van der Waals surface area (Å²) < 4.78 is 4.70. The van der Waals surface area contributed by atoms with Gasteiger partial charge in [0.25, 0.3) is 0 Å². The SMILES string of the molecule is CCC(C(=O)OC)C(C)(O)CCC(C)C. The summed E-state index contributed by atoms with van der Waals surface area (Å²) >= 11 is 0. The number of carbonyl (C=O) groups is 1. The number of hydrogen-bond acceptors (Lipinski definition) is 3. The van der Waals surface area contributed by atoms with E-state index in [9.17, 15) is 9.90 Å². The van der Waals surface area contributed by atoms with Gasteiger partial charge in [-0.2, -0.15) is 0 Å². The molecule has 3 heteroatoms. The molecule has 0 aliphatic carbocycles. The van der Waals surface area contributed by atoms with Crippen LogP contribution in [0.1, 0.15) is 47.0 Å². The van der Waals surface area contributed by atoms with Crippen molar-refractivity contribution in [2.45, 2.75) is 52.6 Å². The fraction of sp³-hybridized carbons (Fsp3) is 0.917. The number of rotatable bonds is 6. The Balaban J connectivity index is 4.44. The molecular weight excluding hydrogens is 192 g/mol. The summed E-state index contributed by atoms with van der Waals surface area (Å²) in [6.07, 6.45) is 2.16. The van der Waals surface area contributed by atoms with E-state index in [1.807, 2.05) is 6.92 Å². The zero-order valence-corrected chi connectivity index (χ0v) is 10.5. The lowest BCUT2D eigenvalue weighted by Gasteiger charge is -2.30. The number of ether oxygens (including phenoxy) is 1. The smallest absolute Gasteiger partial charge is 0.311 e. The molecule has 0 amide bonds. The van der Waals surface area contributed by atoms with E-state index in [1.54, 1.807) is 6.92 Å². The Labute approximate surface area is 92.8 Å². The molecule has 0 aliphatic rings. The van der Waals surface area contributed by atoms with E-state index < -0.39 is 11.5 Å². The Bertz CT molecular complexity index is 197. The van der Waals surface area contributed by atoms with Gasteiger partial charge in [0.15, 0.2) is 0 Å². The molecule has 90 valence electrons. The van der Waals surface area contributed by atoms with Crippen molar-refractivity contribution in [1.82, 2.24) is 0 Å². The van der Waals surface area contributed by atoms with Crippen LogP contribution in [0.4, 0.5) is 0 Å². The van der Waals surface area contributed by atoms with E-state index in [0.717, 1.165) is 6.42 Å². The fourth-order valence-corrected chi connectivity index (χ4v) is 1.76. The van der Waals surface area contributed by atoms with E-state index in [-0.39, 0.29) is 5.97 Å². The molecule has 0 spiro atoms. The minimum absolute atomic E-state index is 0.314. The number of methoxy groups -OCH3 is 1. The van der Waals surface area contributed by atoms with Crippen molar-refractivity contribution >= 4 is 5.97 Å². The predicted molar refractivity (Wildman–Crippen MR) is 60.5 cm³/mol. The minimum atomic E-state index is -0.952. The molecule has 2 atom stereocenters. The van der Waals surface area contributed by atoms with Gasteiger partial charge in [-0.25, -0.2) is 0 Å². The molecule has 0 aliphatic heterocycles. The van der Waals surface area contributed by atoms with Crippen LogP contribution in [-0.2, 0) is 9.53 Å². The Morgan fingerprint density at radius 1 is 1.47 bits per heavy atom. The summed E-state index contributed by atoms with van der Waals surface area (Å²) in [5.41, 5.74) is -0.952. The molecule has 0 fully saturated rings. The van der Waals surface area contributed by atoms with Crippen LogP contribution in [0.3, 0.4) is 0 Å². The Hall–Kier alpha value is -0.570. The first kappa shape index (κ1) is 14.4. The van der Waals surface area contributed by atoms with Crippen molar-refractivity contribution in [2.24, 2.45) is 11.8 Å². The highest BCUT2D eigenvalue weighted by molar-refractivity contribution is 5.73.